The molecule has 1 unspecified atom stereocenters. The van der Waals surface area contributed by atoms with Gasteiger partial charge in [-0.1, -0.05) is 18.2 Å². The second-order valence-electron chi connectivity index (χ2n) is 6.62. The van der Waals surface area contributed by atoms with Gasteiger partial charge in [0.1, 0.15) is 0 Å². The van der Waals surface area contributed by atoms with Gasteiger partial charge in [-0.25, -0.2) is 9.59 Å². The number of halogens is 6. The second-order valence-corrected chi connectivity index (χ2v) is 6.62. The van der Waals surface area contributed by atoms with E-state index in [1.807, 2.05) is 0 Å². The summed E-state index contributed by atoms with van der Waals surface area (Å²) in [6.45, 7) is 0.193. The summed E-state index contributed by atoms with van der Waals surface area (Å²) < 4.78 is 75.4. The number of cyclic esters (lactones) is 1. The fourth-order valence-electron chi connectivity index (χ4n) is 2.75. The van der Waals surface area contributed by atoms with Crippen LogP contribution in [0.5, 0.6) is 0 Å². The zero-order chi connectivity index (χ0) is 25.0. The number of amides is 1. The minimum atomic E-state index is -5.08. The number of anilines is 1. The van der Waals surface area contributed by atoms with E-state index in [0.717, 1.165) is 18.2 Å². The molecule has 178 valence electrons. The molecule has 0 spiro atoms. The minimum absolute atomic E-state index is 0.0319. The number of ether oxygens (including phenoxy) is 1. The molecule has 3 rings (SSSR count). The maximum Gasteiger partial charge on any atom is 0.490 e. The maximum atomic E-state index is 12.9. The summed E-state index contributed by atoms with van der Waals surface area (Å²) in [4.78, 5) is 33.4. The van der Waals surface area contributed by atoms with Crippen LogP contribution in [0.25, 0.3) is 0 Å². The highest BCUT2D eigenvalue weighted by molar-refractivity contribution is 6.00. The first-order valence-corrected chi connectivity index (χ1v) is 9.04. The van der Waals surface area contributed by atoms with Gasteiger partial charge in [-0.3, -0.25) is 4.79 Å². The van der Waals surface area contributed by atoms with Gasteiger partial charge < -0.3 is 20.9 Å². The number of carboxylic acids is 1. The summed E-state index contributed by atoms with van der Waals surface area (Å²) in [6, 6.07) is 9.59. The number of benzene rings is 2. The van der Waals surface area contributed by atoms with E-state index in [-0.39, 0.29) is 24.1 Å². The van der Waals surface area contributed by atoms with Gasteiger partial charge in [-0.05, 0) is 35.4 Å². The van der Waals surface area contributed by atoms with Gasteiger partial charge in [0.15, 0.2) is 6.10 Å². The molecule has 0 fully saturated rings. The van der Waals surface area contributed by atoms with Crippen LogP contribution >= 0.6 is 0 Å². The van der Waals surface area contributed by atoms with E-state index in [0.29, 0.717) is 11.3 Å². The van der Waals surface area contributed by atoms with E-state index in [1.165, 1.54) is 0 Å². The van der Waals surface area contributed by atoms with Crippen LogP contribution in [0.1, 0.15) is 27.0 Å². The molecule has 1 atom stereocenters. The molecule has 1 amide bonds. The summed E-state index contributed by atoms with van der Waals surface area (Å²) in [5.41, 5.74) is 6.03. The minimum Gasteiger partial charge on any atom is -0.475 e. The lowest BCUT2D eigenvalue weighted by atomic mass is 9.95. The van der Waals surface area contributed by atoms with Crippen molar-refractivity contribution < 1.29 is 50.6 Å². The number of alkyl halides is 6. The number of hydrogen-bond donors (Lipinski definition) is 3. The zero-order valence-corrected chi connectivity index (χ0v) is 16.5. The maximum absolute atomic E-state index is 12.9. The van der Waals surface area contributed by atoms with Gasteiger partial charge in [0.25, 0.3) is 5.91 Å². The smallest absolute Gasteiger partial charge is 0.475 e. The Morgan fingerprint density at radius 1 is 1.09 bits per heavy atom. The van der Waals surface area contributed by atoms with E-state index in [9.17, 15) is 35.9 Å². The first kappa shape index (κ1) is 25.6. The Morgan fingerprint density at radius 2 is 1.70 bits per heavy atom. The number of carbonyl (C=O) groups is 3. The van der Waals surface area contributed by atoms with Gasteiger partial charge in [-0.15, -0.1) is 0 Å². The standard InChI is InChI=1S/C18H15F3N2O3.C2HF3O2/c19-18(20,21)12-5-6-13-11(7-12)8-15(26-17(13)25)16(24)23-14-4-2-1-3-10(14)9-22;3-2(4,5)1(6)7/h1-7,15H,8-9,22H2,(H,23,24);(H,6,7). The van der Waals surface area contributed by atoms with E-state index in [2.05, 4.69) is 5.32 Å². The van der Waals surface area contributed by atoms with Crippen molar-refractivity contribution in [3.63, 3.8) is 0 Å². The summed E-state index contributed by atoms with van der Waals surface area (Å²) >= 11 is 0. The van der Waals surface area contributed by atoms with Crippen molar-refractivity contribution in [3.8, 4) is 0 Å². The number of nitrogens with one attached hydrogen (secondary N) is 1. The number of carboxylic acid groups (broad SMARTS) is 1. The Hall–Kier alpha value is -3.61. The van der Waals surface area contributed by atoms with Crippen molar-refractivity contribution >= 4 is 23.5 Å². The number of fused-ring (bicyclic) bond motifs is 1. The van der Waals surface area contributed by atoms with Crippen molar-refractivity contribution in [3.05, 3.63) is 64.7 Å². The third-order valence-corrected chi connectivity index (χ3v) is 4.34. The molecule has 7 nitrogen and oxygen atoms in total. The van der Waals surface area contributed by atoms with Crippen molar-refractivity contribution in [1.82, 2.24) is 0 Å². The number of carbonyl (C=O) groups excluding carboxylic acids is 2. The van der Waals surface area contributed by atoms with Gasteiger partial charge >= 0.3 is 24.3 Å². The predicted octanol–water partition coefficient (Wildman–Crippen LogP) is 3.52. The number of rotatable bonds is 3. The Balaban J connectivity index is 0.000000479. The molecular formula is C20H16F6N2O5. The molecule has 13 heteroatoms. The van der Waals surface area contributed by atoms with Crippen molar-refractivity contribution in [2.45, 2.75) is 31.4 Å². The van der Waals surface area contributed by atoms with E-state index in [4.69, 9.17) is 20.4 Å². The Labute approximate surface area is 182 Å². The van der Waals surface area contributed by atoms with Crippen LogP contribution in [-0.4, -0.2) is 35.2 Å². The van der Waals surface area contributed by atoms with E-state index < -0.39 is 41.9 Å². The first-order chi connectivity index (χ1) is 15.2. The fourth-order valence-corrected chi connectivity index (χ4v) is 2.75. The van der Waals surface area contributed by atoms with Crippen molar-refractivity contribution in [2.75, 3.05) is 5.32 Å². The highest BCUT2D eigenvalue weighted by Gasteiger charge is 2.38. The Bertz CT molecular complexity index is 1050. The molecule has 33 heavy (non-hydrogen) atoms. The van der Waals surface area contributed by atoms with Crippen LogP contribution in [0.15, 0.2) is 42.5 Å². The molecule has 0 bridgehead atoms. The van der Waals surface area contributed by atoms with Gasteiger partial charge in [0, 0.05) is 18.7 Å². The number of nitrogens with two attached hydrogens (primary N) is 1. The molecule has 2 aromatic rings. The highest BCUT2D eigenvalue weighted by atomic mass is 19.4. The van der Waals surface area contributed by atoms with Gasteiger partial charge in [0.05, 0.1) is 11.1 Å². The van der Waals surface area contributed by atoms with E-state index in [1.54, 1.807) is 24.3 Å². The predicted molar refractivity (Wildman–Crippen MR) is 101 cm³/mol. The number of aliphatic carboxylic acids is 1. The third kappa shape index (κ3) is 6.68. The van der Waals surface area contributed by atoms with Crippen LogP contribution in [-0.2, 0) is 33.5 Å². The van der Waals surface area contributed by atoms with E-state index >= 15 is 0 Å². The molecule has 0 aliphatic carbocycles. The van der Waals surface area contributed by atoms with Gasteiger partial charge in [-0.2, -0.15) is 26.3 Å². The molecule has 0 radical (unpaired) electrons. The van der Waals surface area contributed by atoms with Crippen LogP contribution in [0.3, 0.4) is 0 Å². The molecule has 0 aromatic heterocycles. The molecule has 1 heterocycles. The average molecular weight is 478 g/mol. The third-order valence-electron chi connectivity index (χ3n) is 4.34. The van der Waals surface area contributed by atoms with Crippen LogP contribution in [0, 0.1) is 0 Å². The van der Waals surface area contributed by atoms with Gasteiger partial charge in [0.2, 0.25) is 0 Å². The zero-order valence-electron chi connectivity index (χ0n) is 16.5. The molecule has 1 aliphatic rings. The summed E-state index contributed by atoms with van der Waals surface area (Å²) in [5, 5.41) is 9.73. The Morgan fingerprint density at radius 3 is 2.24 bits per heavy atom. The quantitative estimate of drug-likeness (QED) is 0.459. The van der Waals surface area contributed by atoms with Crippen LogP contribution < -0.4 is 11.1 Å². The largest absolute Gasteiger partial charge is 0.490 e. The monoisotopic (exact) mass is 478 g/mol. The second kappa shape index (κ2) is 9.90. The SMILES string of the molecule is NCc1ccccc1NC(=O)C1Cc2cc(C(F)(F)F)ccc2C(=O)O1.O=C(O)C(F)(F)F. The molecule has 1 aliphatic heterocycles. The summed E-state index contributed by atoms with van der Waals surface area (Å²) in [7, 11) is 0. The Kier molecular flexibility index (Phi) is 7.69. The van der Waals surface area contributed by atoms with Crippen molar-refractivity contribution in [2.24, 2.45) is 5.73 Å². The fraction of sp³-hybridized carbons (Fsp3) is 0.250. The number of para-hydroxylation sites is 1. The van der Waals surface area contributed by atoms with Crippen molar-refractivity contribution in [1.29, 1.82) is 0 Å². The lowest BCUT2D eigenvalue weighted by molar-refractivity contribution is -0.192. The normalized spacial score (nSPS) is 15.5. The van der Waals surface area contributed by atoms with Crippen LogP contribution in [0.2, 0.25) is 0 Å². The summed E-state index contributed by atoms with van der Waals surface area (Å²) in [6.07, 6.45) is -11.0. The molecular weight excluding hydrogens is 462 g/mol. The summed E-state index contributed by atoms with van der Waals surface area (Å²) in [5.74, 6) is -4.21. The molecule has 4 N–H and O–H groups in total. The van der Waals surface area contributed by atoms with Crippen LogP contribution in [0.4, 0.5) is 32.0 Å². The lowest BCUT2D eigenvalue weighted by Gasteiger charge is -2.25. The average Bonchev–Trinajstić information content (AvgIpc) is 2.72. The molecule has 2 aromatic carbocycles. The highest BCUT2D eigenvalue weighted by Crippen LogP contribution is 2.32. The first-order valence-electron chi connectivity index (χ1n) is 9.04. The lowest BCUT2D eigenvalue weighted by Crippen LogP contribution is -2.38. The molecule has 0 saturated carbocycles. The number of esters is 1. The topological polar surface area (TPSA) is 119 Å². The number of hydrogen-bond acceptors (Lipinski definition) is 5. The molecule has 0 saturated heterocycles.